The van der Waals surface area contributed by atoms with Crippen molar-refractivity contribution in [1.29, 1.82) is 0 Å². The molecule has 0 amide bonds. The van der Waals surface area contributed by atoms with E-state index in [0.717, 1.165) is 17.9 Å². The first-order valence-electron chi connectivity index (χ1n) is 6.07. The van der Waals surface area contributed by atoms with Crippen LogP contribution < -0.4 is 15.2 Å². The summed E-state index contributed by atoms with van der Waals surface area (Å²) in [6, 6.07) is 10.1. The van der Waals surface area contributed by atoms with Gasteiger partial charge in [-0.25, -0.2) is 8.78 Å². The Bertz CT molecular complexity index is 573. The van der Waals surface area contributed by atoms with Crippen LogP contribution >= 0.6 is 0 Å². The van der Waals surface area contributed by atoms with Gasteiger partial charge in [0.05, 0.1) is 13.2 Å². The van der Waals surface area contributed by atoms with Gasteiger partial charge in [0, 0.05) is 0 Å². The Morgan fingerprint density at radius 2 is 1.65 bits per heavy atom. The van der Waals surface area contributed by atoms with Crippen LogP contribution in [0.15, 0.2) is 42.5 Å². The summed E-state index contributed by atoms with van der Waals surface area (Å²) in [7, 11) is 1.58. The Balaban J connectivity index is 1.96. The zero-order chi connectivity index (χ0) is 14.5. The van der Waals surface area contributed by atoms with Gasteiger partial charge >= 0.3 is 0 Å². The van der Waals surface area contributed by atoms with Crippen molar-refractivity contribution >= 4 is 0 Å². The van der Waals surface area contributed by atoms with E-state index in [4.69, 9.17) is 15.2 Å². The average Bonchev–Trinajstić information content (AvgIpc) is 2.48. The van der Waals surface area contributed by atoms with Crippen LogP contribution in [0.5, 0.6) is 11.5 Å². The quantitative estimate of drug-likeness (QED) is 0.915. The predicted molar refractivity (Wildman–Crippen MR) is 71.8 cm³/mol. The molecule has 0 saturated heterocycles. The van der Waals surface area contributed by atoms with Gasteiger partial charge in [-0.05, 0) is 42.0 Å². The molecule has 0 aliphatic heterocycles. The molecule has 1 atom stereocenters. The molecular formula is C15H15F2NO2. The number of hydrogen-bond acceptors (Lipinski definition) is 3. The molecule has 5 heteroatoms. The maximum atomic E-state index is 13.1. The van der Waals surface area contributed by atoms with Crippen molar-refractivity contribution in [2.45, 2.75) is 6.04 Å². The SMILES string of the molecule is COc1ccc(OCC(N)c2ccc(F)c(F)c2)cc1. The largest absolute Gasteiger partial charge is 0.497 e. The van der Waals surface area contributed by atoms with Gasteiger partial charge in [0.2, 0.25) is 0 Å². The molecule has 0 heterocycles. The van der Waals surface area contributed by atoms with E-state index >= 15 is 0 Å². The minimum absolute atomic E-state index is 0.164. The minimum atomic E-state index is -0.914. The predicted octanol–water partition coefficient (Wildman–Crippen LogP) is 3.05. The molecule has 106 valence electrons. The highest BCUT2D eigenvalue weighted by molar-refractivity contribution is 5.31. The van der Waals surface area contributed by atoms with Crippen LogP contribution in [0.1, 0.15) is 11.6 Å². The molecule has 2 rings (SSSR count). The second kappa shape index (κ2) is 6.34. The van der Waals surface area contributed by atoms with Crippen LogP contribution in [-0.2, 0) is 0 Å². The molecule has 0 saturated carbocycles. The summed E-state index contributed by atoms with van der Waals surface area (Å²) in [4.78, 5) is 0. The van der Waals surface area contributed by atoms with Gasteiger partial charge in [-0.15, -0.1) is 0 Å². The van der Waals surface area contributed by atoms with Crippen molar-refractivity contribution in [2.24, 2.45) is 5.73 Å². The summed E-state index contributed by atoms with van der Waals surface area (Å²) in [5.41, 5.74) is 6.36. The van der Waals surface area contributed by atoms with Gasteiger partial charge < -0.3 is 15.2 Å². The van der Waals surface area contributed by atoms with Gasteiger partial charge in [0.1, 0.15) is 18.1 Å². The highest BCUT2D eigenvalue weighted by atomic mass is 19.2. The Morgan fingerprint density at radius 1 is 1.00 bits per heavy atom. The second-order valence-corrected chi connectivity index (χ2v) is 4.27. The topological polar surface area (TPSA) is 44.5 Å². The first-order valence-corrected chi connectivity index (χ1v) is 6.07. The molecule has 0 aliphatic rings. The van der Waals surface area contributed by atoms with E-state index in [-0.39, 0.29) is 6.61 Å². The van der Waals surface area contributed by atoms with E-state index in [1.165, 1.54) is 6.07 Å². The third-order valence-corrected chi connectivity index (χ3v) is 2.86. The molecule has 0 fully saturated rings. The van der Waals surface area contributed by atoms with E-state index in [9.17, 15) is 8.78 Å². The lowest BCUT2D eigenvalue weighted by molar-refractivity contribution is 0.289. The van der Waals surface area contributed by atoms with Gasteiger partial charge in [0.25, 0.3) is 0 Å². The van der Waals surface area contributed by atoms with Crippen LogP contribution in [0.3, 0.4) is 0 Å². The van der Waals surface area contributed by atoms with Crippen molar-refractivity contribution in [2.75, 3.05) is 13.7 Å². The van der Waals surface area contributed by atoms with Gasteiger partial charge in [-0.1, -0.05) is 6.07 Å². The first-order chi connectivity index (χ1) is 9.60. The number of methoxy groups -OCH3 is 1. The van der Waals surface area contributed by atoms with E-state index < -0.39 is 17.7 Å². The van der Waals surface area contributed by atoms with Crippen molar-refractivity contribution in [3.63, 3.8) is 0 Å². The Labute approximate surface area is 115 Å². The standard InChI is InChI=1S/C15H15F2NO2/c1-19-11-3-5-12(6-4-11)20-9-15(18)10-2-7-13(16)14(17)8-10/h2-8,15H,9,18H2,1H3. The van der Waals surface area contributed by atoms with Crippen LogP contribution in [0, 0.1) is 11.6 Å². The monoisotopic (exact) mass is 279 g/mol. The summed E-state index contributed by atoms with van der Waals surface area (Å²) in [6.07, 6.45) is 0. The highest BCUT2D eigenvalue weighted by Crippen LogP contribution is 2.19. The maximum Gasteiger partial charge on any atom is 0.159 e. The molecule has 0 aliphatic carbocycles. The van der Waals surface area contributed by atoms with E-state index in [0.29, 0.717) is 11.3 Å². The second-order valence-electron chi connectivity index (χ2n) is 4.27. The molecule has 1 unspecified atom stereocenters. The zero-order valence-electron chi connectivity index (χ0n) is 11.0. The van der Waals surface area contributed by atoms with Gasteiger partial charge in [0.15, 0.2) is 11.6 Å². The Kier molecular flexibility index (Phi) is 4.53. The lowest BCUT2D eigenvalue weighted by Gasteiger charge is -2.14. The number of nitrogens with two attached hydrogens (primary N) is 1. The molecule has 2 aromatic rings. The molecular weight excluding hydrogens is 264 g/mol. The molecule has 2 aromatic carbocycles. The van der Waals surface area contributed by atoms with Crippen molar-refractivity contribution in [3.8, 4) is 11.5 Å². The average molecular weight is 279 g/mol. The fraction of sp³-hybridized carbons (Fsp3) is 0.200. The van der Waals surface area contributed by atoms with Crippen molar-refractivity contribution in [3.05, 3.63) is 59.7 Å². The number of benzene rings is 2. The maximum absolute atomic E-state index is 13.1. The summed E-state index contributed by atoms with van der Waals surface area (Å²) < 4.78 is 36.5. The van der Waals surface area contributed by atoms with Crippen LogP contribution in [0.25, 0.3) is 0 Å². The van der Waals surface area contributed by atoms with Crippen LogP contribution in [0.4, 0.5) is 8.78 Å². The highest BCUT2D eigenvalue weighted by Gasteiger charge is 2.10. The minimum Gasteiger partial charge on any atom is -0.497 e. The third-order valence-electron chi connectivity index (χ3n) is 2.86. The smallest absolute Gasteiger partial charge is 0.159 e. The lowest BCUT2D eigenvalue weighted by Crippen LogP contribution is -2.19. The lowest BCUT2D eigenvalue weighted by atomic mass is 10.1. The summed E-state index contributed by atoms with van der Waals surface area (Å²) in [5, 5.41) is 0. The molecule has 2 N–H and O–H groups in total. The third kappa shape index (κ3) is 3.45. The van der Waals surface area contributed by atoms with Crippen molar-refractivity contribution in [1.82, 2.24) is 0 Å². The van der Waals surface area contributed by atoms with E-state index in [1.54, 1.807) is 31.4 Å². The number of hydrogen-bond donors (Lipinski definition) is 1. The Morgan fingerprint density at radius 3 is 2.25 bits per heavy atom. The summed E-state index contributed by atoms with van der Waals surface area (Å²) >= 11 is 0. The summed E-state index contributed by atoms with van der Waals surface area (Å²) in [5.74, 6) is -0.453. The molecule has 0 spiro atoms. The number of halogens is 2. The van der Waals surface area contributed by atoms with Crippen LogP contribution in [-0.4, -0.2) is 13.7 Å². The van der Waals surface area contributed by atoms with Gasteiger partial charge in [-0.3, -0.25) is 0 Å². The fourth-order valence-corrected chi connectivity index (χ4v) is 1.70. The van der Waals surface area contributed by atoms with E-state index in [1.807, 2.05) is 0 Å². The molecule has 20 heavy (non-hydrogen) atoms. The molecule has 0 aromatic heterocycles. The van der Waals surface area contributed by atoms with Crippen molar-refractivity contribution < 1.29 is 18.3 Å². The molecule has 3 nitrogen and oxygen atoms in total. The summed E-state index contributed by atoms with van der Waals surface area (Å²) in [6.45, 7) is 0.164. The van der Waals surface area contributed by atoms with Gasteiger partial charge in [-0.2, -0.15) is 0 Å². The fourth-order valence-electron chi connectivity index (χ4n) is 1.70. The number of ether oxygens (including phenoxy) is 2. The van der Waals surface area contributed by atoms with E-state index in [2.05, 4.69) is 0 Å². The Hall–Kier alpha value is -2.14. The van der Waals surface area contributed by atoms with Crippen LogP contribution in [0.2, 0.25) is 0 Å². The molecule has 0 bridgehead atoms. The normalized spacial score (nSPS) is 12.0. The number of rotatable bonds is 5. The molecule has 0 radical (unpaired) electrons. The first kappa shape index (κ1) is 14.3. The zero-order valence-corrected chi connectivity index (χ0v) is 11.0.